The average Bonchev–Trinajstić information content (AvgIpc) is 2.57. The van der Waals surface area contributed by atoms with E-state index in [1.54, 1.807) is 18.3 Å². The molecule has 24 heavy (non-hydrogen) atoms. The van der Waals surface area contributed by atoms with Gasteiger partial charge < -0.3 is 9.84 Å². The number of aliphatic carboxylic acids is 1. The number of hydrogen-bond donors (Lipinski definition) is 1. The number of carbonyl (C=O) groups is 1. The first-order valence-electron chi connectivity index (χ1n) is 8.26. The van der Waals surface area contributed by atoms with Crippen molar-refractivity contribution in [3.63, 3.8) is 0 Å². The zero-order chi connectivity index (χ0) is 17.1. The molecule has 3 rings (SSSR count). The van der Waals surface area contributed by atoms with E-state index in [4.69, 9.17) is 4.74 Å². The van der Waals surface area contributed by atoms with Crippen LogP contribution >= 0.6 is 0 Å². The van der Waals surface area contributed by atoms with E-state index in [2.05, 4.69) is 4.98 Å². The highest BCUT2D eigenvalue weighted by atomic mass is 19.1. The van der Waals surface area contributed by atoms with E-state index in [1.165, 1.54) is 12.1 Å². The zero-order valence-electron chi connectivity index (χ0n) is 13.6. The summed E-state index contributed by atoms with van der Waals surface area (Å²) in [6, 6.07) is 5.78. The van der Waals surface area contributed by atoms with Gasteiger partial charge in [0.15, 0.2) is 0 Å². The van der Waals surface area contributed by atoms with Crippen molar-refractivity contribution in [2.45, 2.75) is 38.3 Å². The Balaban J connectivity index is 1.69. The number of hydrogen-bond acceptors (Lipinski definition) is 4. The third kappa shape index (κ3) is 3.48. The third-order valence-electron chi connectivity index (χ3n) is 4.55. The summed E-state index contributed by atoms with van der Waals surface area (Å²) in [5, 5.41) is 9.92. The number of ether oxygens (including phenoxy) is 1. The minimum atomic E-state index is -0.771. The van der Waals surface area contributed by atoms with E-state index < -0.39 is 12.0 Å². The maximum Gasteiger partial charge on any atom is 0.320 e. The summed E-state index contributed by atoms with van der Waals surface area (Å²) in [7, 11) is 0. The molecule has 1 aliphatic heterocycles. The van der Waals surface area contributed by atoms with Crippen LogP contribution in [0.4, 0.5) is 4.39 Å². The Morgan fingerprint density at radius 2 is 2.17 bits per heavy atom. The smallest absolute Gasteiger partial charge is 0.320 e. The first-order chi connectivity index (χ1) is 11.6. The molecule has 0 aliphatic carbocycles. The highest BCUT2D eigenvalue weighted by Crippen LogP contribution is 2.28. The largest absolute Gasteiger partial charge is 0.490 e. The van der Waals surface area contributed by atoms with Gasteiger partial charge in [0.2, 0.25) is 0 Å². The molecule has 1 fully saturated rings. The number of nitrogens with zero attached hydrogens (tertiary/aromatic N) is 2. The van der Waals surface area contributed by atoms with Gasteiger partial charge in [-0.25, -0.2) is 4.39 Å². The number of carboxylic acid groups (broad SMARTS) is 1. The van der Waals surface area contributed by atoms with Crippen LogP contribution in [0.25, 0.3) is 10.9 Å². The van der Waals surface area contributed by atoms with Crippen LogP contribution in [0.5, 0.6) is 5.75 Å². The lowest BCUT2D eigenvalue weighted by Gasteiger charge is -2.35. The molecular formula is C18H21FN2O3. The van der Waals surface area contributed by atoms with Gasteiger partial charge in [-0.2, -0.15) is 0 Å². The lowest BCUT2D eigenvalue weighted by atomic mass is 10.0. The van der Waals surface area contributed by atoms with Gasteiger partial charge in [-0.1, -0.05) is 6.92 Å². The number of fused-ring (bicyclic) bond motifs is 1. The van der Waals surface area contributed by atoms with Crippen molar-refractivity contribution in [2.24, 2.45) is 0 Å². The van der Waals surface area contributed by atoms with Crippen molar-refractivity contribution >= 4 is 16.9 Å². The SMILES string of the molecule is CCC(C(=O)O)N1CCC(Oc2ccnc3ccc(F)cc23)CC1. The highest BCUT2D eigenvalue weighted by Gasteiger charge is 2.29. The van der Waals surface area contributed by atoms with Gasteiger partial charge in [0.05, 0.1) is 5.52 Å². The summed E-state index contributed by atoms with van der Waals surface area (Å²) < 4.78 is 19.6. The number of rotatable bonds is 5. The summed E-state index contributed by atoms with van der Waals surface area (Å²) in [5.74, 6) is -0.460. The molecule has 0 amide bonds. The molecule has 1 saturated heterocycles. The van der Waals surface area contributed by atoms with Crippen LogP contribution in [0.1, 0.15) is 26.2 Å². The summed E-state index contributed by atoms with van der Waals surface area (Å²) in [5.41, 5.74) is 0.697. The van der Waals surface area contributed by atoms with Gasteiger partial charge in [-0.15, -0.1) is 0 Å². The van der Waals surface area contributed by atoms with Gasteiger partial charge in [0, 0.05) is 24.7 Å². The summed E-state index contributed by atoms with van der Waals surface area (Å²) in [6.07, 6.45) is 3.75. The Kier molecular flexibility index (Phi) is 4.94. The minimum Gasteiger partial charge on any atom is -0.490 e. The van der Waals surface area contributed by atoms with E-state index >= 15 is 0 Å². The van der Waals surface area contributed by atoms with E-state index in [1.807, 2.05) is 11.8 Å². The second-order valence-electron chi connectivity index (χ2n) is 6.09. The summed E-state index contributed by atoms with van der Waals surface area (Å²) >= 11 is 0. The second kappa shape index (κ2) is 7.13. The maximum atomic E-state index is 13.5. The Hall–Kier alpha value is -2.21. The predicted octanol–water partition coefficient (Wildman–Crippen LogP) is 3.08. The Morgan fingerprint density at radius 1 is 1.42 bits per heavy atom. The van der Waals surface area contributed by atoms with Gasteiger partial charge in [0.25, 0.3) is 0 Å². The number of carboxylic acids is 1. The second-order valence-corrected chi connectivity index (χ2v) is 6.09. The molecule has 2 heterocycles. The predicted molar refractivity (Wildman–Crippen MR) is 88.6 cm³/mol. The van der Waals surface area contributed by atoms with E-state index in [0.29, 0.717) is 36.2 Å². The first kappa shape index (κ1) is 16.6. The van der Waals surface area contributed by atoms with Crippen LogP contribution in [-0.2, 0) is 4.79 Å². The molecule has 128 valence electrons. The molecule has 1 atom stereocenters. The van der Waals surface area contributed by atoms with E-state index in [0.717, 1.165) is 12.8 Å². The lowest BCUT2D eigenvalue weighted by Crippen LogP contribution is -2.47. The summed E-state index contributed by atoms with van der Waals surface area (Å²) in [4.78, 5) is 17.5. The number of likely N-dealkylation sites (tertiary alicyclic amines) is 1. The molecule has 1 aliphatic rings. The van der Waals surface area contributed by atoms with Crippen molar-refractivity contribution in [1.82, 2.24) is 9.88 Å². The number of piperidine rings is 1. The number of aromatic nitrogens is 1. The molecule has 2 aromatic rings. The quantitative estimate of drug-likeness (QED) is 0.912. The average molecular weight is 332 g/mol. The van der Waals surface area contributed by atoms with Crippen molar-refractivity contribution in [3.8, 4) is 5.75 Å². The van der Waals surface area contributed by atoms with Crippen molar-refractivity contribution < 1.29 is 19.0 Å². The van der Waals surface area contributed by atoms with Crippen LogP contribution in [0.15, 0.2) is 30.5 Å². The molecule has 0 spiro atoms. The van der Waals surface area contributed by atoms with Gasteiger partial charge >= 0.3 is 5.97 Å². The Bertz CT molecular complexity index is 729. The van der Waals surface area contributed by atoms with Crippen LogP contribution < -0.4 is 4.74 Å². The zero-order valence-corrected chi connectivity index (χ0v) is 13.6. The normalized spacial score (nSPS) is 17.8. The standard InChI is InChI=1S/C18H21FN2O3/c1-2-16(18(22)23)21-9-6-13(7-10-21)24-17-5-8-20-15-4-3-12(19)11-14(15)17/h3-5,8,11,13,16H,2,6-7,9-10H2,1H3,(H,22,23). The fraction of sp³-hybridized carbons (Fsp3) is 0.444. The van der Waals surface area contributed by atoms with Crippen molar-refractivity contribution in [2.75, 3.05) is 13.1 Å². The molecule has 6 heteroatoms. The molecule has 5 nitrogen and oxygen atoms in total. The number of benzene rings is 1. The molecule has 1 N–H and O–H groups in total. The van der Waals surface area contributed by atoms with E-state index in [9.17, 15) is 14.3 Å². The Labute approximate surface area is 140 Å². The molecule has 0 bridgehead atoms. The van der Waals surface area contributed by atoms with Crippen LogP contribution in [0.3, 0.4) is 0 Å². The van der Waals surface area contributed by atoms with Crippen LogP contribution in [0.2, 0.25) is 0 Å². The van der Waals surface area contributed by atoms with E-state index in [-0.39, 0.29) is 11.9 Å². The number of halogens is 1. The van der Waals surface area contributed by atoms with Crippen molar-refractivity contribution in [3.05, 3.63) is 36.3 Å². The third-order valence-corrected chi connectivity index (χ3v) is 4.55. The molecule has 1 aromatic carbocycles. The molecule has 0 saturated carbocycles. The van der Waals surface area contributed by atoms with Crippen LogP contribution in [0, 0.1) is 5.82 Å². The van der Waals surface area contributed by atoms with Crippen LogP contribution in [-0.4, -0.2) is 46.2 Å². The van der Waals surface area contributed by atoms with Gasteiger partial charge in [-0.3, -0.25) is 14.7 Å². The van der Waals surface area contributed by atoms with Gasteiger partial charge in [0.1, 0.15) is 23.7 Å². The Morgan fingerprint density at radius 3 is 2.83 bits per heavy atom. The molecule has 1 aromatic heterocycles. The topological polar surface area (TPSA) is 62.7 Å². The van der Waals surface area contributed by atoms with Crippen molar-refractivity contribution in [1.29, 1.82) is 0 Å². The fourth-order valence-corrected chi connectivity index (χ4v) is 3.27. The first-order valence-corrected chi connectivity index (χ1v) is 8.26. The summed E-state index contributed by atoms with van der Waals surface area (Å²) in [6.45, 7) is 3.26. The lowest BCUT2D eigenvalue weighted by molar-refractivity contribution is -0.144. The molecular weight excluding hydrogens is 311 g/mol. The number of pyridine rings is 1. The molecule has 0 radical (unpaired) electrons. The van der Waals surface area contributed by atoms with Gasteiger partial charge in [-0.05, 0) is 43.5 Å². The maximum absolute atomic E-state index is 13.5. The monoisotopic (exact) mass is 332 g/mol. The fourth-order valence-electron chi connectivity index (χ4n) is 3.27. The minimum absolute atomic E-state index is 0.00131. The molecule has 1 unspecified atom stereocenters. The highest BCUT2D eigenvalue weighted by molar-refractivity contribution is 5.84.